The van der Waals surface area contributed by atoms with Gasteiger partial charge in [-0.25, -0.2) is 9.97 Å². The standard InChI is InChI=1S/C33H47N5O5/c1-8-38(9-2)23-13-14-24(25(18-23)30(40)33(5,6)7)27(15-12-22-19-35-31-26(22)20-34-21-36-31)37-28(32(41)43-11-4)16-17-29(39)42-10-3/h13-14,18-21,27-28,37H,8-12,15-17H2,1-7H3,(H,34,35,36)/t27?,28-/m0/s1. The number of aryl methyl sites for hydroxylation is 1. The second kappa shape index (κ2) is 15.6. The number of carbonyl (C=O) groups excluding carboxylic acids is 3. The molecule has 2 N–H and O–H groups in total. The van der Waals surface area contributed by atoms with Gasteiger partial charge in [-0.1, -0.05) is 26.8 Å². The molecule has 10 heteroatoms. The molecule has 0 bridgehead atoms. The van der Waals surface area contributed by atoms with Crippen molar-refractivity contribution in [3.63, 3.8) is 0 Å². The van der Waals surface area contributed by atoms with Crippen LogP contribution in [-0.2, 0) is 25.5 Å². The van der Waals surface area contributed by atoms with Gasteiger partial charge in [-0.3, -0.25) is 19.7 Å². The van der Waals surface area contributed by atoms with Gasteiger partial charge in [-0.05, 0) is 70.2 Å². The molecule has 0 fully saturated rings. The third kappa shape index (κ3) is 8.86. The first-order valence-electron chi connectivity index (χ1n) is 15.3. The quantitative estimate of drug-likeness (QED) is 0.163. The van der Waals surface area contributed by atoms with Gasteiger partial charge in [0, 0.05) is 60.2 Å². The number of aromatic amines is 1. The Hall–Kier alpha value is -3.79. The van der Waals surface area contributed by atoms with Crippen LogP contribution in [0.2, 0.25) is 0 Å². The molecule has 0 spiro atoms. The number of anilines is 1. The lowest BCUT2D eigenvalue weighted by Crippen LogP contribution is -2.41. The van der Waals surface area contributed by atoms with Crippen LogP contribution in [0.3, 0.4) is 0 Å². The lowest BCUT2D eigenvalue weighted by molar-refractivity contribution is -0.147. The molecule has 0 saturated heterocycles. The Kier molecular flexibility index (Phi) is 12.2. The maximum atomic E-state index is 13.9. The largest absolute Gasteiger partial charge is 0.466 e. The summed E-state index contributed by atoms with van der Waals surface area (Å²) in [6.07, 6.45) is 6.64. The third-order valence-electron chi connectivity index (χ3n) is 7.51. The normalized spacial score (nSPS) is 13.0. The van der Waals surface area contributed by atoms with E-state index in [2.05, 4.69) is 39.0 Å². The highest BCUT2D eigenvalue weighted by Gasteiger charge is 2.31. The van der Waals surface area contributed by atoms with Crippen LogP contribution in [0.1, 0.15) is 95.3 Å². The number of benzene rings is 1. The van der Waals surface area contributed by atoms with Crippen LogP contribution < -0.4 is 10.2 Å². The van der Waals surface area contributed by atoms with Crippen molar-refractivity contribution in [1.82, 2.24) is 20.3 Å². The topological polar surface area (TPSA) is 127 Å². The first kappa shape index (κ1) is 33.7. The van der Waals surface area contributed by atoms with Crippen LogP contribution in [-0.4, -0.2) is 65.0 Å². The average Bonchev–Trinajstić information content (AvgIpc) is 3.40. The molecule has 0 amide bonds. The number of rotatable bonds is 16. The van der Waals surface area contributed by atoms with Gasteiger partial charge in [0.05, 0.1) is 19.5 Å². The van der Waals surface area contributed by atoms with E-state index in [1.807, 2.05) is 45.2 Å². The number of hydrogen-bond donors (Lipinski definition) is 2. The predicted octanol–water partition coefficient (Wildman–Crippen LogP) is 5.52. The lowest BCUT2D eigenvalue weighted by Gasteiger charge is -2.30. The zero-order valence-corrected chi connectivity index (χ0v) is 26.7. The smallest absolute Gasteiger partial charge is 0.323 e. The molecule has 1 aromatic carbocycles. The summed E-state index contributed by atoms with van der Waals surface area (Å²) in [4.78, 5) is 53.3. The second-order valence-corrected chi connectivity index (χ2v) is 11.5. The minimum atomic E-state index is -0.779. The summed E-state index contributed by atoms with van der Waals surface area (Å²) < 4.78 is 10.5. The van der Waals surface area contributed by atoms with Gasteiger partial charge in [-0.2, -0.15) is 0 Å². The van der Waals surface area contributed by atoms with Crippen molar-refractivity contribution in [2.75, 3.05) is 31.2 Å². The van der Waals surface area contributed by atoms with E-state index in [-0.39, 0.29) is 37.8 Å². The number of nitrogens with one attached hydrogen (secondary N) is 2. The predicted molar refractivity (Wildman–Crippen MR) is 167 cm³/mol. The highest BCUT2D eigenvalue weighted by atomic mass is 16.5. The van der Waals surface area contributed by atoms with E-state index in [4.69, 9.17) is 9.47 Å². The monoisotopic (exact) mass is 593 g/mol. The molecule has 2 heterocycles. The summed E-state index contributed by atoms with van der Waals surface area (Å²) in [6.45, 7) is 15.5. The molecule has 0 radical (unpaired) electrons. The summed E-state index contributed by atoms with van der Waals surface area (Å²) in [6, 6.07) is 4.82. The van der Waals surface area contributed by atoms with Crippen LogP contribution in [0.25, 0.3) is 11.4 Å². The molecule has 0 aromatic heterocycles. The van der Waals surface area contributed by atoms with Crippen LogP contribution >= 0.6 is 0 Å². The van der Waals surface area contributed by atoms with Crippen molar-refractivity contribution >= 4 is 23.4 Å². The number of nitrogens with zero attached hydrogens (tertiary/aromatic N) is 3. The van der Waals surface area contributed by atoms with E-state index in [0.717, 1.165) is 41.3 Å². The Labute approximate surface area is 255 Å². The van der Waals surface area contributed by atoms with Crippen molar-refractivity contribution in [2.24, 2.45) is 5.41 Å². The van der Waals surface area contributed by atoms with E-state index < -0.39 is 23.5 Å². The van der Waals surface area contributed by atoms with Gasteiger partial charge in [0.15, 0.2) is 5.78 Å². The van der Waals surface area contributed by atoms with Crippen molar-refractivity contribution in [2.45, 2.75) is 86.2 Å². The highest BCUT2D eigenvalue weighted by molar-refractivity contribution is 6.02. The molecular weight excluding hydrogens is 546 g/mol. The zero-order valence-electron chi connectivity index (χ0n) is 26.7. The summed E-state index contributed by atoms with van der Waals surface area (Å²) in [7, 11) is 0. The number of ketones is 1. The molecule has 234 valence electrons. The Morgan fingerprint density at radius 2 is 1.72 bits per heavy atom. The third-order valence-corrected chi connectivity index (χ3v) is 7.51. The number of ether oxygens (including phenoxy) is 2. The first-order valence-corrected chi connectivity index (χ1v) is 15.3. The van der Waals surface area contributed by atoms with Crippen LogP contribution in [0, 0.1) is 5.41 Å². The minimum absolute atomic E-state index is 0.0155. The van der Waals surface area contributed by atoms with Crippen molar-refractivity contribution in [3.05, 3.63) is 53.6 Å². The van der Waals surface area contributed by atoms with Gasteiger partial charge in [-0.15, -0.1) is 0 Å². The first-order chi connectivity index (χ1) is 20.5. The number of Topliss-reactive ketones (excluding diaryl/α,β-unsaturated/α-hetero) is 1. The van der Waals surface area contributed by atoms with E-state index >= 15 is 0 Å². The van der Waals surface area contributed by atoms with Crippen molar-refractivity contribution < 1.29 is 23.9 Å². The molecule has 43 heavy (non-hydrogen) atoms. The van der Waals surface area contributed by atoms with Gasteiger partial charge in [0.2, 0.25) is 0 Å². The van der Waals surface area contributed by atoms with Gasteiger partial charge < -0.3 is 19.4 Å². The van der Waals surface area contributed by atoms with E-state index in [9.17, 15) is 14.4 Å². The molecule has 2 atom stereocenters. The fraction of sp³-hybridized carbons (Fsp3) is 0.545. The molecule has 1 aromatic rings. The fourth-order valence-electron chi connectivity index (χ4n) is 5.22. The second-order valence-electron chi connectivity index (χ2n) is 11.5. The average molecular weight is 594 g/mol. The number of hydrogen-bond acceptors (Lipinski definition) is 9. The summed E-state index contributed by atoms with van der Waals surface area (Å²) in [5.74, 6) is -0.0536. The molecule has 3 rings (SSSR count). The van der Waals surface area contributed by atoms with Gasteiger partial charge in [0.25, 0.3) is 0 Å². The van der Waals surface area contributed by atoms with E-state index in [1.54, 1.807) is 26.4 Å². The minimum Gasteiger partial charge on any atom is -0.466 e. The Bertz CT molecular complexity index is 1330. The Balaban J connectivity index is 2.07. The number of fused-ring (bicyclic) bond motifs is 1. The maximum Gasteiger partial charge on any atom is 0.323 e. The van der Waals surface area contributed by atoms with Crippen LogP contribution in [0.5, 0.6) is 0 Å². The molecule has 0 aliphatic carbocycles. The molecular formula is C33H47N5O5. The fourth-order valence-corrected chi connectivity index (χ4v) is 5.22. The lowest BCUT2D eigenvalue weighted by atomic mass is 9.82. The van der Waals surface area contributed by atoms with E-state index in [1.165, 1.54) is 0 Å². The highest BCUT2D eigenvalue weighted by Crippen LogP contribution is 2.33. The summed E-state index contributed by atoms with van der Waals surface area (Å²) >= 11 is 0. The number of esters is 2. The van der Waals surface area contributed by atoms with Gasteiger partial charge >= 0.3 is 11.9 Å². The summed E-state index contributed by atoms with van der Waals surface area (Å²) in [5.41, 5.74) is 3.69. The molecule has 1 unspecified atom stereocenters. The Morgan fingerprint density at radius 1 is 1.00 bits per heavy atom. The van der Waals surface area contributed by atoms with Crippen LogP contribution in [0.4, 0.5) is 5.69 Å². The Morgan fingerprint density at radius 3 is 2.37 bits per heavy atom. The molecule has 0 saturated carbocycles. The van der Waals surface area contributed by atoms with Gasteiger partial charge in [0.1, 0.15) is 11.9 Å². The molecule has 2 aliphatic rings. The maximum absolute atomic E-state index is 13.9. The SMILES string of the molecule is CCOC(=O)CC[C@H](NC(CCc1cnc2[nH]cncc1-2)c1ccc(N(CC)CC)cc1C(=O)C(C)(C)C)C(=O)OCC. The van der Waals surface area contributed by atoms with Crippen molar-refractivity contribution in [3.8, 4) is 11.4 Å². The van der Waals surface area contributed by atoms with E-state index in [0.29, 0.717) is 18.4 Å². The number of aromatic nitrogens is 3. The van der Waals surface area contributed by atoms with Crippen molar-refractivity contribution in [1.29, 1.82) is 0 Å². The molecule has 2 aliphatic heterocycles. The molecule has 10 nitrogen and oxygen atoms in total. The number of carbonyl (C=O) groups is 3. The van der Waals surface area contributed by atoms with Crippen LogP contribution in [0.15, 0.2) is 36.9 Å². The summed E-state index contributed by atoms with van der Waals surface area (Å²) in [5, 5.41) is 3.49. The zero-order chi connectivity index (χ0) is 31.6. The number of H-pyrrole nitrogens is 1.